The van der Waals surface area contributed by atoms with Crippen LogP contribution < -0.4 is 11.5 Å². The van der Waals surface area contributed by atoms with Gasteiger partial charge in [0.1, 0.15) is 5.82 Å². The van der Waals surface area contributed by atoms with Crippen LogP contribution >= 0.6 is 11.8 Å². The van der Waals surface area contributed by atoms with Crippen LogP contribution in [0.3, 0.4) is 0 Å². The average Bonchev–Trinajstić information content (AvgIpc) is 2.43. The van der Waals surface area contributed by atoms with Gasteiger partial charge in [-0.2, -0.15) is 0 Å². The van der Waals surface area contributed by atoms with Crippen molar-refractivity contribution in [3.8, 4) is 0 Å². The zero-order valence-corrected chi connectivity index (χ0v) is 8.04. The van der Waals surface area contributed by atoms with Crippen molar-refractivity contribution in [1.29, 1.82) is 0 Å². The molecule has 1 aromatic rings. The number of aromatic nitrogens is 3. The quantitative estimate of drug-likeness (QED) is 0.599. The van der Waals surface area contributed by atoms with Crippen LogP contribution in [0.25, 0.3) is 0 Å². The van der Waals surface area contributed by atoms with E-state index in [0.717, 1.165) is 0 Å². The topological polar surface area (TPSA) is 99.8 Å². The molecule has 1 amide bonds. The van der Waals surface area contributed by atoms with Crippen molar-refractivity contribution in [2.24, 2.45) is 18.5 Å². The van der Waals surface area contributed by atoms with Crippen molar-refractivity contribution in [2.75, 3.05) is 5.75 Å². The second-order valence-electron chi connectivity index (χ2n) is 2.42. The number of primary amides is 1. The number of rotatable bonds is 4. The second kappa shape index (κ2) is 4.24. The highest BCUT2D eigenvalue weighted by Crippen LogP contribution is 2.14. The Bertz CT molecular complexity index is 310. The highest BCUT2D eigenvalue weighted by molar-refractivity contribution is 7.99. The predicted molar refractivity (Wildman–Crippen MR) is 48.8 cm³/mol. The molecule has 0 fully saturated rings. The van der Waals surface area contributed by atoms with Gasteiger partial charge in [0.05, 0.1) is 12.3 Å². The number of nitrogens with zero attached hydrogens (tertiary/aromatic N) is 3. The molecule has 4 N–H and O–H groups in total. The Kier molecular flexibility index (Phi) is 3.26. The van der Waals surface area contributed by atoms with E-state index in [-0.39, 0.29) is 11.7 Å². The number of hydrogen-bond acceptors (Lipinski definition) is 5. The molecular formula is C6H11N5OS. The van der Waals surface area contributed by atoms with Crippen molar-refractivity contribution in [3.63, 3.8) is 0 Å². The fourth-order valence-electron chi connectivity index (χ4n) is 0.784. The number of amides is 1. The largest absolute Gasteiger partial charge is 0.369 e. The molecule has 0 spiro atoms. The molecule has 0 aliphatic carbocycles. The molecule has 72 valence electrons. The Balaban J connectivity index is 2.67. The van der Waals surface area contributed by atoms with E-state index in [9.17, 15) is 4.79 Å². The fourth-order valence-corrected chi connectivity index (χ4v) is 1.45. The third-order valence-electron chi connectivity index (χ3n) is 1.45. The van der Waals surface area contributed by atoms with Crippen molar-refractivity contribution in [1.82, 2.24) is 14.8 Å². The first-order chi connectivity index (χ1) is 6.15. The van der Waals surface area contributed by atoms with Gasteiger partial charge in [0.25, 0.3) is 0 Å². The highest BCUT2D eigenvalue weighted by Gasteiger charge is 2.08. The second-order valence-corrected chi connectivity index (χ2v) is 3.36. The number of hydrogen-bond donors (Lipinski definition) is 2. The van der Waals surface area contributed by atoms with Gasteiger partial charge in [0.2, 0.25) is 5.91 Å². The van der Waals surface area contributed by atoms with Crippen LogP contribution in [0.5, 0.6) is 0 Å². The van der Waals surface area contributed by atoms with Crippen molar-refractivity contribution < 1.29 is 4.79 Å². The van der Waals surface area contributed by atoms with Crippen LogP contribution in [0, 0.1) is 0 Å². The SMILES string of the molecule is Cn1c(CN)nnc1SCC(N)=O. The molecule has 0 atom stereocenters. The molecule has 7 heteroatoms. The first-order valence-electron chi connectivity index (χ1n) is 3.64. The van der Waals surface area contributed by atoms with Crippen LogP contribution in [0.15, 0.2) is 5.16 Å². The Morgan fingerprint density at radius 3 is 2.77 bits per heavy atom. The third-order valence-corrected chi connectivity index (χ3v) is 2.49. The number of carbonyl (C=O) groups excluding carboxylic acids is 1. The minimum Gasteiger partial charge on any atom is -0.369 e. The molecular weight excluding hydrogens is 190 g/mol. The minimum absolute atomic E-state index is 0.205. The molecule has 0 radical (unpaired) electrons. The molecule has 6 nitrogen and oxygen atoms in total. The number of carbonyl (C=O) groups is 1. The van der Waals surface area contributed by atoms with Gasteiger partial charge >= 0.3 is 0 Å². The van der Waals surface area contributed by atoms with Gasteiger partial charge in [-0.3, -0.25) is 4.79 Å². The van der Waals surface area contributed by atoms with E-state index in [1.165, 1.54) is 11.8 Å². The van der Waals surface area contributed by atoms with Gasteiger partial charge in [-0.15, -0.1) is 10.2 Å². The summed E-state index contributed by atoms with van der Waals surface area (Å²) < 4.78 is 1.74. The monoisotopic (exact) mass is 201 g/mol. The van der Waals surface area contributed by atoms with Gasteiger partial charge in [-0.25, -0.2) is 0 Å². The summed E-state index contributed by atoms with van der Waals surface area (Å²) in [6, 6.07) is 0. The molecule has 0 unspecified atom stereocenters. The summed E-state index contributed by atoms with van der Waals surface area (Å²) in [5.74, 6) is 0.519. The van der Waals surface area contributed by atoms with Crippen molar-refractivity contribution in [2.45, 2.75) is 11.7 Å². The molecule has 0 bridgehead atoms. The Morgan fingerprint density at radius 1 is 1.62 bits per heavy atom. The summed E-state index contributed by atoms with van der Waals surface area (Å²) in [6.07, 6.45) is 0. The predicted octanol–water partition coefficient (Wildman–Crippen LogP) is -1.15. The van der Waals surface area contributed by atoms with E-state index in [1.807, 2.05) is 0 Å². The van der Waals surface area contributed by atoms with Crippen LogP contribution in [0.2, 0.25) is 0 Å². The maximum atomic E-state index is 10.5. The maximum Gasteiger partial charge on any atom is 0.227 e. The van der Waals surface area contributed by atoms with Gasteiger partial charge in [0, 0.05) is 7.05 Å². The Morgan fingerprint density at radius 2 is 2.31 bits per heavy atom. The minimum atomic E-state index is -0.373. The lowest BCUT2D eigenvalue weighted by atomic mass is 10.6. The fraction of sp³-hybridized carbons (Fsp3) is 0.500. The lowest BCUT2D eigenvalue weighted by Crippen LogP contribution is -2.13. The molecule has 1 heterocycles. The Hall–Kier alpha value is -1.08. The maximum absolute atomic E-state index is 10.5. The van der Waals surface area contributed by atoms with E-state index in [2.05, 4.69) is 10.2 Å². The summed E-state index contributed by atoms with van der Waals surface area (Å²) >= 11 is 1.25. The molecule has 0 aliphatic heterocycles. The normalized spacial score (nSPS) is 10.3. The molecule has 0 saturated carbocycles. The highest BCUT2D eigenvalue weighted by atomic mass is 32.2. The smallest absolute Gasteiger partial charge is 0.227 e. The summed E-state index contributed by atoms with van der Waals surface area (Å²) in [4.78, 5) is 10.5. The van der Waals surface area contributed by atoms with E-state index >= 15 is 0 Å². The summed E-state index contributed by atoms with van der Waals surface area (Å²) in [7, 11) is 1.80. The van der Waals surface area contributed by atoms with E-state index in [1.54, 1.807) is 11.6 Å². The Labute approximate surface area is 79.7 Å². The van der Waals surface area contributed by atoms with Crippen LogP contribution in [0.4, 0.5) is 0 Å². The first-order valence-corrected chi connectivity index (χ1v) is 4.63. The third kappa shape index (κ3) is 2.43. The van der Waals surface area contributed by atoms with Gasteiger partial charge < -0.3 is 16.0 Å². The van der Waals surface area contributed by atoms with Crippen LogP contribution in [0.1, 0.15) is 5.82 Å². The molecule has 0 aromatic carbocycles. The average molecular weight is 201 g/mol. The van der Waals surface area contributed by atoms with Crippen molar-refractivity contribution in [3.05, 3.63) is 5.82 Å². The van der Waals surface area contributed by atoms with E-state index < -0.39 is 0 Å². The van der Waals surface area contributed by atoms with Gasteiger partial charge in [-0.05, 0) is 0 Å². The molecule has 0 aliphatic rings. The first kappa shape index (κ1) is 10.0. The van der Waals surface area contributed by atoms with Crippen LogP contribution in [-0.2, 0) is 18.4 Å². The molecule has 13 heavy (non-hydrogen) atoms. The lowest BCUT2D eigenvalue weighted by molar-refractivity contribution is -0.115. The summed E-state index contributed by atoms with van der Waals surface area (Å²) in [5, 5.41) is 8.33. The summed E-state index contributed by atoms with van der Waals surface area (Å²) in [6.45, 7) is 0.334. The number of thioether (sulfide) groups is 1. The lowest BCUT2D eigenvalue weighted by Gasteiger charge is -1.99. The zero-order valence-electron chi connectivity index (χ0n) is 7.23. The van der Waals surface area contributed by atoms with Gasteiger partial charge in [0.15, 0.2) is 5.16 Å². The molecule has 1 aromatic heterocycles. The molecule has 1 rings (SSSR count). The molecule has 0 saturated heterocycles. The standard InChI is InChI=1S/C6H11N5OS/c1-11-5(2-7)9-10-6(11)13-3-4(8)12/h2-3,7H2,1H3,(H2,8,12). The van der Waals surface area contributed by atoms with Crippen molar-refractivity contribution >= 4 is 17.7 Å². The summed E-state index contributed by atoms with van der Waals surface area (Å²) in [5.41, 5.74) is 10.4. The zero-order chi connectivity index (χ0) is 9.84. The van der Waals surface area contributed by atoms with Gasteiger partial charge in [-0.1, -0.05) is 11.8 Å². The van der Waals surface area contributed by atoms with E-state index in [4.69, 9.17) is 11.5 Å². The van der Waals surface area contributed by atoms with E-state index in [0.29, 0.717) is 17.5 Å². The van der Waals surface area contributed by atoms with Crippen LogP contribution in [-0.4, -0.2) is 26.4 Å². The number of nitrogens with two attached hydrogens (primary N) is 2.